The lowest BCUT2D eigenvalue weighted by atomic mass is 9.78. The first-order valence-corrected chi connectivity index (χ1v) is 7.23. The highest BCUT2D eigenvalue weighted by atomic mass is 79.9. The van der Waals surface area contributed by atoms with Gasteiger partial charge >= 0.3 is 0 Å². The molecule has 0 radical (unpaired) electrons. The standard InChI is InChI=1S/C14H20BrNO3/c1-18-10-7-9(12(17)11(15)13(10)19-2)14(8-16)5-3-4-6-14/h7,17H,3-6,8,16H2,1-2H3. The van der Waals surface area contributed by atoms with Crippen LogP contribution in [0, 0.1) is 0 Å². The minimum absolute atomic E-state index is 0.147. The monoisotopic (exact) mass is 329 g/mol. The Hall–Kier alpha value is -0.940. The van der Waals surface area contributed by atoms with E-state index in [0.717, 1.165) is 31.2 Å². The number of halogens is 1. The molecule has 1 saturated carbocycles. The van der Waals surface area contributed by atoms with E-state index in [-0.39, 0.29) is 11.2 Å². The summed E-state index contributed by atoms with van der Waals surface area (Å²) < 4.78 is 11.2. The van der Waals surface area contributed by atoms with Crippen LogP contribution in [0.5, 0.6) is 17.2 Å². The fraction of sp³-hybridized carbons (Fsp3) is 0.571. The Morgan fingerprint density at radius 2 is 1.95 bits per heavy atom. The number of nitrogens with two attached hydrogens (primary N) is 1. The van der Waals surface area contributed by atoms with Crippen LogP contribution in [0.1, 0.15) is 31.2 Å². The zero-order chi connectivity index (χ0) is 14.0. The first kappa shape index (κ1) is 14.5. The number of methoxy groups -OCH3 is 2. The van der Waals surface area contributed by atoms with E-state index in [1.54, 1.807) is 14.2 Å². The molecule has 106 valence electrons. The van der Waals surface area contributed by atoms with Crippen LogP contribution >= 0.6 is 15.9 Å². The van der Waals surface area contributed by atoms with Gasteiger partial charge in [0.2, 0.25) is 0 Å². The summed E-state index contributed by atoms with van der Waals surface area (Å²) in [5.41, 5.74) is 6.70. The third-order valence-electron chi connectivity index (χ3n) is 4.11. The summed E-state index contributed by atoms with van der Waals surface area (Å²) in [7, 11) is 3.14. The summed E-state index contributed by atoms with van der Waals surface area (Å²) in [5, 5.41) is 10.4. The van der Waals surface area contributed by atoms with E-state index >= 15 is 0 Å². The number of hydrogen-bond acceptors (Lipinski definition) is 4. The maximum atomic E-state index is 10.4. The Balaban J connectivity index is 2.60. The summed E-state index contributed by atoms with van der Waals surface area (Å²) >= 11 is 3.39. The number of benzene rings is 1. The molecule has 0 aliphatic heterocycles. The molecule has 0 atom stereocenters. The number of phenolic OH excluding ortho intramolecular Hbond substituents is 1. The van der Waals surface area contributed by atoms with Gasteiger partial charge in [0.15, 0.2) is 11.5 Å². The largest absolute Gasteiger partial charge is 0.506 e. The summed E-state index contributed by atoms with van der Waals surface area (Å²) in [6, 6.07) is 1.86. The maximum Gasteiger partial charge on any atom is 0.178 e. The molecule has 19 heavy (non-hydrogen) atoms. The molecule has 0 unspecified atom stereocenters. The molecule has 3 N–H and O–H groups in total. The van der Waals surface area contributed by atoms with Crippen LogP contribution < -0.4 is 15.2 Å². The van der Waals surface area contributed by atoms with E-state index in [4.69, 9.17) is 15.2 Å². The van der Waals surface area contributed by atoms with Crippen LogP contribution in [0.25, 0.3) is 0 Å². The third kappa shape index (κ3) is 2.30. The van der Waals surface area contributed by atoms with E-state index in [0.29, 0.717) is 22.5 Å². The quantitative estimate of drug-likeness (QED) is 0.891. The van der Waals surface area contributed by atoms with E-state index in [2.05, 4.69) is 15.9 Å². The molecule has 0 saturated heterocycles. The third-order valence-corrected chi connectivity index (χ3v) is 4.84. The van der Waals surface area contributed by atoms with Crippen molar-refractivity contribution in [3.63, 3.8) is 0 Å². The van der Waals surface area contributed by atoms with Gasteiger partial charge in [0.25, 0.3) is 0 Å². The molecule has 0 spiro atoms. The molecule has 5 heteroatoms. The topological polar surface area (TPSA) is 64.7 Å². The van der Waals surface area contributed by atoms with Gasteiger partial charge in [-0.05, 0) is 34.8 Å². The van der Waals surface area contributed by atoms with Crippen LogP contribution in [-0.4, -0.2) is 25.9 Å². The molecule has 1 aromatic carbocycles. The van der Waals surface area contributed by atoms with Crippen molar-refractivity contribution >= 4 is 15.9 Å². The Kier molecular flexibility index (Phi) is 4.26. The summed E-state index contributed by atoms with van der Waals surface area (Å²) in [6.07, 6.45) is 4.28. The van der Waals surface area contributed by atoms with Gasteiger partial charge in [-0.15, -0.1) is 0 Å². The molecule has 1 fully saturated rings. The van der Waals surface area contributed by atoms with E-state index in [9.17, 15) is 5.11 Å². The van der Waals surface area contributed by atoms with Gasteiger partial charge in [-0.1, -0.05) is 12.8 Å². The molecular weight excluding hydrogens is 310 g/mol. The maximum absolute atomic E-state index is 10.4. The normalized spacial score (nSPS) is 17.5. The average Bonchev–Trinajstić information content (AvgIpc) is 2.91. The summed E-state index contributed by atoms with van der Waals surface area (Å²) in [5.74, 6) is 1.33. The number of hydrogen-bond donors (Lipinski definition) is 2. The van der Waals surface area contributed by atoms with Crippen molar-refractivity contribution in [3.8, 4) is 17.2 Å². The lowest BCUT2D eigenvalue weighted by Crippen LogP contribution is -2.32. The molecule has 1 aliphatic carbocycles. The Bertz CT molecular complexity index is 470. The zero-order valence-electron chi connectivity index (χ0n) is 11.3. The second-order valence-corrected chi connectivity index (χ2v) is 5.81. The minimum Gasteiger partial charge on any atom is -0.506 e. The van der Waals surface area contributed by atoms with Crippen molar-refractivity contribution < 1.29 is 14.6 Å². The van der Waals surface area contributed by atoms with E-state index in [1.807, 2.05) is 6.07 Å². The van der Waals surface area contributed by atoms with Crippen LogP contribution in [0.2, 0.25) is 0 Å². The highest BCUT2D eigenvalue weighted by molar-refractivity contribution is 9.10. The highest BCUT2D eigenvalue weighted by Crippen LogP contribution is 2.51. The fourth-order valence-electron chi connectivity index (χ4n) is 2.98. The van der Waals surface area contributed by atoms with Gasteiger partial charge in [-0.2, -0.15) is 0 Å². The molecule has 0 heterocycles. The molecule has 0 bridgehead atoms. The average molecular weight is 330 g/mol. The zero-order valence-corrected chi connectivity index (χ0v) is 12.9. The minimum atomic E-state index is -0.147. The molecule has 1 aliphatic rings. The summed E-state index contributed by atoms with van der Waals surface area (Å²) in [6.45, 7) is 0.530. The molecule has 0 aromatic heterocycles. The first-order chi connectivity index (χ1) is 9.09. The van der Waals surface area contributed by atoms with Gasteiger partial charge in [-0.3, -0.25) is 0 Å². The second-order valence-electron chi connectivity index (χ2n) is 5.01. The van der Waals surface area contributed by atoms with Crippen LogP contribution in [0.4, 0.5) is 0 Å². The number of ether oxygens (including phenoxy) is 2. The van der Waals surface area contributed by atoms with Crippen LogP contribution in [-0.2, 0) is 5.41 Å². The fourth-order valence-corrected chi connectivity index (χ4v) is 3.55. The van der Waals surface area contributed by atoms with Gasteiger partial charge < -0.3 is 20.3 Å². The van der Waals surface area contributed by atoms with E-state index < -0.39 is 0 Å². The summed E-state index contributed by atoms with van der Waals surface area (Å²) in [4.78, 5) is 0. The van der Waals surface area contributed by atoms with Gasteiger partial charge in [0.1, 0.15) is 10.2 Å². The van der Waals surface area contributed by atoms with Gasteiger partial charge in [0.05, 0.1) is 14.2 Å². The lowest BCUT2D eigenvalue weighted by Gasteiger charge is -2.30. The predicted molar refractivity (Wildman–Crippen MR) is 78.1 cm³/mol. The Morgan fingerprint density at radius 3 is 2.42 bits per heavy atom. The number of rotatable bonds is 4. The predicted octanol–water partition coefficient (Wildman–Crippen LogP) is 2.94. The molecule has 1 aromatic rings. The molecule has 0 amide bonds. The molecular formula is C14H20BrNO3. The van der Waals surface area contributed by atoms with Crippen molar-refractivity contribution in [1.29, 1.82) is 0 Å². The van der Waals surface area contributed by atoms with Gasteiger partial charge in [0, 0.05) is 17.5 Å². The number of aromatic hydroxyl groups is 1. The van der Waals surface area contributed by atoms with Crippen molar-refractivity contribution in [2.24, 2.45) is 5.73 Å². The smallest absolute Gasteiger partial charge is 0.178 e. The van der Waals surface area contributed by atoms with Gasteiger partial charge in [-0.25, -0.2) is 0 Å². The first-order valence-electron chi connectivity index (χ1n) is 6.43. The SMILES string of the molecule is COc1cc(C2(CN)CCCC2)c(O)c(Br)c1OC. The number of phenols is 1. The molecule has 4 nitrogen and oxygen atoms in total. The van der Waals surface area contributed by atoms with Crippen molar-refractivity contribution in [2.45, 2.75) is 31.1 Å². The van der Waals surface area contributed by atoms with Crippen molar-refractivity contribution in [3.05, 3.63) is 16.1 Å². The van der Waals surface area contributed by atoms with Crippen molar-refractivity contribution in [1.82, 2.24) is 0 Å². The highest BCUT2D eigenvalue weighted by Gasteiger charge is 2.38. The van der Waals surface area contributed by atoms with Crippen LogP contribution in [0.15, 0.2) is 10.5 Å². The Morgan fingerprint density at radius 1 is 1.32 bits per heavy atom. The molecule has 2 rings (SSSR count). The van der Waals surface area contributed by atoms with Crippen molar-refractivity contribution in [2.75, 3.05) is 20.8 Å². The van der Waals surface area contributed by atoms with E-state index in [1.165, 1.54) is 0 Å². The van der Waals surface area contributed by atoms with Crippen LogP contribution in [0.3, 0.4) is 0 Å². The lowest BCUT2D eigenvalue weighted by molar-refractivity contribution is 0.341. The Labute approximate surface area is 122 Å². The second kappa shape index (κ2) is 5.59.